The fraction of sp³-hybridized carbons (Fsp3) is 0.364. The zero-order valence-electron chi connectivity index (χ0n) is 8.34. The molecule has 0 aromatic heterocycles. The highest BCUT2D eigenvalue weighted by Gasteiger charge is 2.21. The number of benzene rings is 1. The van der Waals surface area contributed by atoms with Gasteiger partial charge in [-0.3, -0.25) is 0 Å². The van der Waals surface area contributed by atoms with Crippen LogP contribution in [0.1, 0.15) is 18.9 Å². The molecule has 15 heavy (non-hydrogen) atoms. The van der Waals surface area contributed by atoms with Gasteiger partial charge in [-0.15, -0.1) is 0 Å². The average Bonchev–Trinajstić information content (AvgIpc) is 2.09. The van der Waals surface area contributed by atoms with Crippen molar-refractivity contribution >= 4 is 22.2 Å². The second-order valence-corrected chi connectivity index (χ2v) is 4.70. The minimum absolute atomic E-state index is 0.00248. The van der Waals surface area contributed by atoms with Crippen LogP contribution >= 0.6 is 15.9 Å². The fourth-order valence-electron chi connectivity index (χ4n) is 1.33. The first-order valence-electron chi connectivity index (χ1n) is 4.54. The summed E-state index contributed by atoms with van der Waals surface area (Å²) < 4.78 is 14.0. The first-order chi connectivity index (χ1) is 6.94. The highest BCUT2D eigenvalue weighted by atomic mass is 79.9. The van der Waals surface area contributed by atoms with Gasteiger partial charge in [0, 0.05) is 17.3 Å². The van der Waals surface area contributed by atoms with Crippen molar-refractivity contribution in [1.82, 2.24) is 0 Å². The molecule has 0 amide bonds. The maximum absolute atomic E-state index is 13.4. The lowest BCUT2D eigenvalue weighted by atomic mass is 9.94. The molecule has 1 rings (SSSR count). The van der Waals surface area contributed by atoms with Gasteiger partial charge in [0.25, 0.3) is 0 Å². The summed E-state index contributed by atoms with van der Waals surface area (Å²) in [5.74, 6) is -0.379. The topological polar surface area (TPSA) is 37.3 Å². The van der Waals surface area contributed by atoms with E-state index in [1.807, 2.05) is 0 Å². The van der Waals surface area contributed by atoms with Crippen molar-refractivity contribution in [1.29, 1.82) is 0 Å². The Labute approximate surface area is 96.2 Å². The predicted octanol–water partition coefficient (Wildman–Crippen LogP) is 2.47. The molecule has 0 aliphatic heterocycles. The molecule has 1 N–H and O–H groups in total. The molecule has 0 aliphatic carbocycles. The van der Waals surface area contributed by atoms with Gasteiger partial charge in [0.1, 0.15) is 12.1 Å². The van der Waals surface area contributed by atoms with Crippen LogP contribution in [0.4, 0.5) is 4.39 Å². The van der Waals surface area contributed by atoms with Crippen LogP contribution in [0.15, 0.2) is 22.7 Å². The SMILES string of the molecule is CC(O)(CC=O)Cc1ccc(Br)cc1F. The summed E-state index contributed by atoms with van der Waals surface area (Å²) in [6.45, 7) is 1.52. The van der Waals surface area contributed by atoms with Crippen molar-refractivity contribution in [2.45, 2.75) is 25.4 Å². The van der Waals surface area contributed by atoms with Crippen LogP contribution in [-0.4, -0.2) is 17.0 Å². The number of rotatable bonds is 4. The summed E-state index contributed by atoms with van der Waals surface area (Å²) in [6, 6.07) is 4.64. The van der Waals surface area contributed by atoms with Gasteiger partial charge < -0.3 is 9.90 Å². The number of aliphatic hydroxyl groups is 1. The maximum atomic E-state index is 13.4. The lowest BCUT2D eigenvalue weighted by Crippen LogP contribution is -2.28. The number of carbonyl (C=O) groups is 1. The van der Waals surface area contributed by atoms with Gasteiger partial charge in [0.2, 0.25) is 0 Å². The summed E-state index contributed by atoms with van der Waals surface area (Å²) in [6.07, 6.45) is 0.768. The third-order valence-corrected chi connectivity index (χ3v) is 2.60. The van der Waals surface area contributed by atoms with Crippen LogP contribution in [0.3, 0.4) is 0 Å². The van der Waals surface area contributed by atoms with E-state index in [9.17, 15) is 14.3 Å². The van der Waals surface area contributed by atoms with Gasteiger partial charge in [0.05, 0.1) is 5.60 Å². The minimum Gasteiger partial charge on any atom is -0.389 e. The van der Waals surface area contributed by atoms with E-state index in [4.69, 9.17) is 0 Å². The fourth-order valence-corrected chi connectivity index (χ4v) is 1.66. The van der Waals surface area contributed by atoms with Crippen LogP contribution in [0.5, 0.6) is 0 Å². The standard InChI is InChI=1S/C11H12BrFO2/c1-11(15,4-5-14)7-8-2-3-9(12)6-10(8)13/h2-3,5-6,15H,4,7H2,1H3. The molecule has 0 bridgehead atoms. The zero-order valence-corrected chi connectivity index (χ0v) is 9.92. The molecule has 0 heterocycles. The van der Waals surface area contributed by atoms with Gasteiger partial charge >= 0.3 is 0 Å². The molecular weight excluding hydrogens is 263 g/mol. The Bertz CT molecular complexity index is 364. The number of hydrogen-bond acceptors (Lipinski definition) is 2. The minimum atomic E-state index is -1.18. The monoisotopic (exact) mass is 274 g/mol. The van der Waals surface area contributed by atoms with Gasteiger partial charge in [-0.25, -0.2) is 4.39 Å². The highest BCUT2D eigenvalue weighted by molar-refractivity contribution is 9.10. The van der Waals surface area contributed by atoms with E-state index in [2.05, 4.69) is 15.9 Å². The van der Waals surface area contributed by atoms with Crippen molar-refractivity contribution in [2.24, 2.45) is 0 Å². The highest BCUT2D eigenvalue weighted by Crippen LogP contribution is 2.21. The Morgan fingerprint density at radius 3 is 2.80 bits per heavy atom. The van der Waals surface area contributed by atoms with E-state index in [0.717, 1.165) is 0 Å². The van der Waals surface area contributed by atoms with Gasteiger partial charge in [-0.2, -0.15) is 0 Å². The molecule has 0 aliphatic rings. The molecule has 0 saturated carbocycles. The van der Waals surface area contributed by atoms with Crippen molar-refractivity contribution in [3.05, 3.63) is 34.1 Å². The van der Waals surface area contributed by atoms with E-state index in [1.165, 1.54) is 13.0 Å². The van der Waals surface area contributed by atoms with E-state index in [0.29, 0.717) is 16.3 Å². The molecule has 0 saturated heterocycles. The van der Waals surface area contributed by atoms with Gasteiger partial charge in [-0.05, 0) is 24.6 Å². The molecule has 1 aromatic rings. The second-order valence-electron chi connectivity index (χ2n) is 3.78. The molecule has 1 atom stereocenters. The largest absolute Gasteiger partial charge is 0.389 e. The van der Waals surface area contributed by atoms with E-state index < -0.39 is 5.60 Å². The number of aldehydes is 1. The molecule has 2 nitrogen and oxygen atoms in total. The summed E-state index contributed by atoms with van der Waals surface area (Å²) in [4.78, 5) is 10.3. The second kappa shape index (κ2) is 4.86. The van der Waals surface area contributed by atoms with E-state index in [-0.39, 0.29) is 18.7 Å². The summed E-state index contributed by atoms with van der Waals surface area (Å²) in [5, 5.41) is 9.75. The van der Waals surface area contributed by atoms with Crippen LogP contribution < -0.4 is 0 Å². The Morgan fingerprint density at radius 1 is 1.60 bits per heavy atom. The molecule has 1 aromatic carbocycles. The normalized spacial score (nSPS) is 14.7. The first-order valence-corrected chi connectivity index (χ1v) is 5.34. The van der Waals surface area contributed by atoms with E-state index >= 15 is 0 Å². The summed E-state index contributed by atoms with van der Waals surface area (Å²) >= 11 is 3.15. The van der Waals surface area contributed by atoms with Crippen LogP contribution in [0.2, 0.25) is 0 Å². The lowest BCUT2D eigenvalue weighted by molar-refractivity contribution is -0.111. The summed E-state index contributed by atoms with van der Waals surface area (Å²) in [5.41, 5.74) is -0.777. The molecule has 0 radical (unpaired) electrons. The van der Waals surface area contributed by atoms with Crippen molar-refractivity contribution < 1.29 is 14.3 Å². The number of hydrogen-bond donors (Lipinski definition) is 1. The number of carbonyl (C=O) groups excluding carboxylic acids is 1. The third kappa shape index (κ3) is 3.72. The van der Waals surface area contributed by atoms with Crippen molar-refractivity contribution in [2.75, 3.05) is 0 Å². The van der Waals surface area contributed by atoms with Crippen LogP contribution in [0.25, 0.3) is 0 Å². The lowest BCUT2D eigenvalue weighted by Gasteiger charge is -2.20. The zero-order chi connectivity index (χ0) is 11.5. The van der Waals surface area contributed by atoms with E-state index in [1.54, 1.807) is 12.1 Å². The van der Waals surface area contributed by atoms with Gasteiger partial charge in [-0.1, -0.05) is 22.0 Å². The smallest absolute Gasteiger partial charge is 0.127 e. The van der Waals surface area contributed by atoms with Crippen molar-refractivity contribution in [3.8, 4) is 0 Å². The van der Waals surface area contributed by atoms with Crippen molar-refractivity contribution in [3.63, 3.8) is 0 Å². The first kappa shape index (κ1) is 12.3. The van der Waals surface area contributed by atoms with Gasteiger partial charge in [0.15, 0.2) is 0 Å². The Kier molecular flexibility index (Phi) is 3.99. The molecule has 1 unspecified atom stereocenters. The number of halogens is 2. The Hall–Kier alpha value is -0.740. The molecule has 0 spiro atoms. The van der Waals surface area contributed by atoms with Crippen LogP contribution in [-0.2, 0) is 11.2 Å². The van der Waals surface area contributed by atoms with Crippen LogP contribution in [0, 0.1) is 5.82 Å². The summed E-state index contributed by atoms with van der Waals surface area (Å²) in [7, 11) is 0. The third-order valence-electron chi connectivity index (χ3n) is 2.11. The maximum Gasteiger partial charge on any atom is 0.127 e. The Balaban J connectivity index is 2.84. The molecule has 0 fully saturated rings. The predicted molar refractivity (Wildman–Crippen MR) is 59.1 cm³/mol. The molecule has 82 valence electrons. The quantitative estimate of drug-likeness (QED) is 0.857. The average molecular weight is 275 g/mol. The molecule has 4 heteroatoms. The molecular formula is C11H12BrFO2. The Morgan fingerprint density at radius 2 is 2.27 bits per heavy atom.